The van der Waals surface area contributed by atoms with Crippen molar-refractivity contribution in [2.24, 2.45) is 0 Å². The number of nitrogens with one attached hydrogen (secondary N) is 1. The Morgan fingerprint density at radius 2 is 1.71 bits per heavy atom. The summed E-state index contributed by atoms with van der Waals surface area (Å²) in [5.74, 6) is 0.976. The Morgan fingerprint density at radius 3 is 2.44 bits per heavy atom. The second-order valence-electron chi connectivity index (χ2n) is 7.70. The van der Waals surface area contributed by atoms with E-state index in [-0.39, 0.29) is 10.9 Å². The third-order valence-corrected chi connectivity index (χ3v) is 6.97. The van der Waals surface area contributed by atoms with Crippen LogP contribution >= 0.6 is 46.6 Å². The van der Waals surface area contributed by atoms with E-state index in [1.807, 2.05) is 54.8 Å². The molecule has 34 heavy (non-hydrogen) atoms. The van der Waals surface area contributed by atoms with Crippen LogP contribution in [-0.2, 0) is 5.75 Å². The van der Waals surface area contributed by atoms with Gasteiger partial charge < -0.3 is 5.32 Å². The Labute approximate surface area is 217 Å². The first-order chi connectivity index (χ1) is 16.3. The number of aromatic nitrogens is 3. The molecule has 0 saturated heterocycles. The lowest BCUT2D eigenvalue weighted by Gasteiger charge is -2.18. The van der Waals surface area contributed by atoms with Gasteiger partial charge in [-0.15, -0.1) is 10.2 Å². The normalized spacial score (nSPS) is 11.9. The van der Waals surface area contributed by atoms with Gasteiger partial charge in [-0.3, -0.25) is 9.36 Å². The summed E-state index contributed by atoms with van der Waals surface area (Å²) < 4.78 is 1.95. The van der Waals surface area contributed by atoms with Crippen LogP contribution in [0.2, 0.25) is 15.1 Å². The average molecular weight is 532 g/mol. The highest BCUT2D eigenvalue weighted by Crippen LogP contribution is 2.31. The van der Waals surface area contributed by atoms with Gasteiger partial charge in [-0.05, 0) is 55.3 Å². The number of hydrogen-bond acceptors (Lipinski definition) is 4. The smallest absolute Gasteiger partial charge is 0.253 e. The fourth-order valence-corrected chi connectivity index (χ4v) is 5.01. The van der Waals surface area contributed by atoms with E-state index in [0.29, 0.717) is 26.6 Å². The maximum Gasteiger partial charge on any atom is 0.253 e. The fourth-order valence-electron chi connectivity index (χ4n) is 3.44. The molecule has 0 aliphatic heterocycles. The lowest BCUT2D eigenvalue weighted by atomic mass is 10.1. The van der Waals surface area contributed by atoms with E-state index >= 15 is 0 Å². The molecule has 1 atom stereocenters. The van der Waals surface area contributed by atoms with Gasteiger partial charge in [0.2, 0.25) is 0 Å². The van der Waals surface area contributed by atoms with Crippen LogP contribution in [0.3, 0.4) is 0 Å². The Morgan fingerprint density at radius 1 is 1.00 bits per heavy atom. The standard InChI is InChI=1S/C25H21Cl3N4OS/c1-15-8-9-19(27)13-22(15)32-23(30-31-25(32)34-14-17-6-4-3-5-7-17)16(2)29-24(33)20-11-10-18(26)12-21(20)28/h3-13,16H,14H2,1-2H3,(H,29,33). The van der Waals surface area contributed by atoms with E-state index in [0.717, 1.165) is 17.0 Å². The van der Waals surface area contributed by atoms with Crippen LogP contribution in [0, 0.1) is 6.92 Å². The second kappa shape index (κ2) is 10.8. The zero-order chi connectivity index (χ0) is 24.2. The van der Waals surface area contributed by atoms with Crippen molar-refractivity contribution in [3.05, 3.63) is 104 Å². The van der Waals surface area contributed by atoms with E-state index in [4.69, 9.17) is 34.8 Å². The van der Waals surface area contributed by atoms with Crippen LogP contribution in [0.1, 0.15) is 40.3 Å². The number of nitrogens with zero attached hydrogens (tertiary/aromatic N) is 3. The first kappa shape index (κ1) is 24.6. The van der Waals surface area contributed by atoms with E-state index < -0.39 is 6.04 Å². The van der Waals surface area contributed by atoms with Gasteiger partial charge in [-0.2, -0.15) is 0 Å². The van der Waals surface area contributed by atoms with Crippen molar-refractivity contribution < 1.29 is 4.79 Å². The SMILES string of the molecule is Cc1ccc(Cl)cc1-n1c(SCc2ccccc2)nnc1C(C)NC(=O)c1ccc(Cl)cc1Cl. The fraction of sp³-hybridized carbons (Fsp3) is 0.160. The molecule has 4 rings (SSSR count). The van der Waals surface area contributed by atoms with Crippen molar-refractivity contribution in [3.8, 4) is 5.69 Å². The van der Waals surface area contributed by atoms with Crippen LogP contribution in [0.5, 0.6) is 0 Å². The number of aryl methyl sites for hydroxylation is 1. The second-order valence-corrected chi connectivity index (χ2v) is 9.92. The molecular weight excluding hydrogens is 511 g/mol. The molecule has 0 saturated carbocycles. The zero-order valence-corrected chi connectivity index (χ0v) is 21.5. The van der Waals surface area contributed by atoms with E-state index in [1.54, 1.807) is 30.0 Å². The lowest BCUT2D eigenvalue weighted by molar-refractivity contribution is 0.0938. The zero-order valence-electron chi connectivity index (χ0n) is 18.4. The predicted octanol–water partition coefficient (Wildman–Crippen LogP) is 7.32. The first-order valence-electron chi connectivity index (χ1n) is 10.5. The molecule has 1 N–H and O–H groups in total. The number of halogens is 3. The lowest BCUT2D eigenvalue weighted by Crippen LogP contribution is -2.29. The highest BCUT2D eigenvalue weighted by atomic mass is 35.5. The van der Waals surface area contributed by atoms with Crippen molar-refractivity contribution in [2.75, 3.05) is 0 Å². The van der Waals surface area contributed by atoms with Crippen LogP contribution < -0.4 is 5.32 Å². The Hall–Kier alpha value is -2.51. The summed E-state index contributed by atoms with van der Waals surface area (Å²) in [7, 11) is 0. The quantitative estimate of drug-likeness (QED) is 0.254. The van der Waals surface area contributed by atoms with Gasteiger partial charge in [-0.1, -0.05) is 83.0 Å². The molecule has 1 heterocycles. The maximum atomic E-state index is 12.9. The molecule has 5 nitrogen and oxygen atoms in total. The third kappa shape index (κ3) is 5.58. The van der Waals surface area contributed by atoms with Gasteiger partial charge in [0.25, 0.3) is 5.91 Å². The number of carbonyl (C=O) groups is 1. The van der Waals surface area contributed by atoms with E-state index in [9.17, 15) is 4.79 Å². The summed E-state index contributed by atoms with van der Waals surface area (Å²) in [6.45, 7) is 3.85. The van der Waals surface area contributed by atoms with Crippen molar-refractivity contribution in [3.63, 3.8) is 0 Å². The minimum atomic E-state index is -0.462. The average Bonchev–Trinajstić information content (AvgIpc) is 3.23. The topological polar surface area (TPSA) is 59.8 Å². The predicted molar refractivity (Wildman–Crippen MR) is 139 cm³/mol. The van der Waals surface area contributed by atoms with Crippen molar-refractivity contribution in [2.45, 2.75) is 30.8 Å². The summed E-state index contributed by atoms with van der Waals surface area (Å²) in [5, 5.41) is 13.9. The van der Waals surface area contributed by atoms with Crippen molar-refractivity contribution in [1.29, 1.82) is 0 Å². The van der Waals surface area contributed by atoms with Crippen LogP contribution in [0.25, 0.3) is 5.69 Å². The molecule has 3 aromatic carbocycles. The molecule has 0 spiro atoms. The third-order valence-electron chi connectivity index (χ3n) is 5.19. The highest BCUT2D eigenvalue weighted by Gasteiger charge is 2.23. The van der Waals surface area contributed by atoms with Gasteiger partial charge in [-0.25, -0.2) is 0 Å². The Bertz CT molecular complexity index is 1330. The molecule has 0 fully saturated rings. The highest BCUT2D eigenvalue weighted by molar-refractivity contribution is 7.98. The summed E-state index contributed by atoms with van der Waals surface area (Å²) >= 11 is 20.1. The van der Waals surface area contributed by atoms with Crippen molar-refractivity contribution >= 4 is 52.5 Å². The van der Waals surface area contributed by atoms with Gasteiger partial charge in [0.1, 0.15) is 0 Å². The molecule has 1 amide bonds. The number of benzene rings is 3. The Kier molecular flexibility index (Phi) is 7.84. The van der Waals surface area contributed by atoms with E-state index in [2.05, 4.69) is 27.6 Å². The molecule has 1 unspecified atom stereocenters. The number of carbonyl (C=O) groups excluding carboxylic acids is 1. The summed E-state index contributed by atoms with van der Waals surface area (Å²) in [4.78, 5) is 12.9. The van der Waals surface area contributed by atoms with Crippen LogP contribution in [0.15, 0.2) is 71.9 Å². The molecule has 9 heteroatoms. The Balaban J connectivity index is 1.67. The van der Waals surface area contributed by atoms with Crippen molar-refractivity contribution in [1.82, 2.24) is 20.1 Å². The van der Waals surface area contributed by atoms with Crippen LogP contribution in [0.4, 0.5) is 0 Å². The molecule has 4 aromatic rings. The number of hydrogen-bond donors (Lipinski definition) is 1. The molecule has 174 valence electrons. The van der Waals surface area contributed by atoms with E-state index in [1.165, 1.54) is 5.56 Å². The van der Waals surface area contributed by atoms with Gasteiger partial charge in [0.15, 0.2) is 11.0 Å². The minimum Gasteiger partial charge on any atom is -0.342 e. The monoisotopic (exact) mass is 530 g/mol. The molecular formula is C25H21Cl3N4OS. The number of thioether (sulfide) groups is 1. The van der Waals surface area contributed by atoms with Gasteiger partial charge in [0, 0.05) is 15.8 Å². The molecule has 0 aliphatic rings. The van der Waals surface area contributed by atoms with Gasteiger partial charge >= 0.3 is 0 Å². The molecule has 0 radical (unpaired) electrons. The number of rotatable bonds is 7. The largest absolute Gasteiger partial charge is 0.342 e. The maximum absolute atomic E-state index is 12.9. The summed E-state index contributed by atoms with van der Waals surface area (Å²) in [5.41, 5.74) is 3.37. The first-order valence-corrected chi connectivity index (χ1v) is 12.6. The summed E-state index contributed by atoms with van der Waals surface area (Å²) in [6, 6.07) is 20.1. The molecule has 1 aromatic heterocycles. The molecule has 0 aliphatic carbocycles. The molecule has 0 bridgehead atoms. The van der Waals surface area contributed by atoms with Crippen LogP contribution in [-0.4, -0.2) is 20.7 Å². The van der Waals surface area contributed by atoms with Gasteiger partial charge in [0.05, 0.1) is 22.3 Å². The minimum absolute atomic E-state index is 0.281. The summed E-state index contributed by atoms with van der Waals surface area (Å²) in [6.07, 6.45) is 0. The number of amides is 1.